The van der Waals surface area contributed by atoms with E-state index in [-0.39, 0.29) is 16.0 Å². The van der Waals surface area contributed by atoms with Crippen LogP contribution in [0.3, 0.4) is 0 Å². The first-order valence-electron chi connectivity index (χ1n) is 7.44. The second kappa shape index (κ2) is 8.77. The predicted octanol–water partition coefficient (Wildman–Crippen LogP) is 5.84. The first-order valence-corrected chi connectivity index (χ1v) is 8.95. The largest absolute Gasteiger partial charge is 0.480 e. The van der Waals surface area contributed by atoms with E-state index in [1.165, 1.54) is 0 Å². The number of aryl methyl sites for hydroxylation is 1. The fourth-order valence-electron chi connectivity index (χ4n) is 2.52. The van der Waals surface area contributed by atoms with E-state index in [1.807, 2.05) is 6.92 Å². The summed E-state index contributed by atoms with van der Waals surface area (Å²) in [6.45, 7) is 3.58. The van der Waals surface area contributed by atoms with E-state index in [9.17, 15) is 4.79 Å². The lowest BCUT2D eigenvalue weighted by molar-refractivity contribution is -0.143. The lowest BCUT2D eigenvalue weighted by Crippen LogP contribution is -2.46. The highest BCUT2D eigenvalue weighted by Crippen LogP contribution is 2.38. The average Bonchev–Trinajstić information content (AvgIpc) is 2.48. The molecule has 7 heteroatoms. The van der Waals surface area contributed by atoms with Crippen molar-refractivity contribution in [3.63, 3.8) is 0 Å². The molecule has 1 aromatic rings. The molecule has 2 atom stereocenters. The van der Waals surface area contributed by atoms with Gasteiger partial charge in [-0.3, -0.25) is 4.79 Å². The van der Waals surface area contributed by atoms with E-state index in [2.05, 4.69) is 0 Å². The van der Waals surface area contributed by atoms with Crippen molar-refractivity contribution < 1.29 is 9.90 Å². The third-order valence-corrected chi connectivity index (χ3v) is 5.81. The van der Waals surface area contributed by atoms with Gasteiger partial charge < -0.3 is 10.8 Å². The first-order chi connectivity index (χ1) is 10.6. The standard InChI is InChI=1S/C16H21Cl4NO2/c1-3-9(8-16(2,21)15(22)23)5-4-6-10-7-11(17)13(19)14(20)12(10)18/h7,9H,3-6,8,21H2,1-2H3,(H,22,23). The minimum absolute atomic E-state index is 0.234. The quantitative estimate of drug-likeness (QED) is 0.425. The Morgan fingerprint density at radius 1 is 1.26 bits per heavy atom. The highest BCUT2D eigenvalue weighted by atomic mass is 35.5. The van der Waals surface area contributed by atoms with Crippen molar-refractivity contribution in [3.8, 4) is 0 Å². The number of aliphatic carboxylic acids is 1. The summed E-state index contributed by atoms with van der Waals surface area (Å²) < 4.78 is 0. The second-order valence-electron chi connectivity index (χ2n) is 6.05. The molecule has 2 unspecified atom stereocenters. The van der Waals surface area contributed by atoms with Gasteiger partial charge in [0.15, 0.2) is 0 Å². The molecule has 1 rings (SSSR count). The van der Waals surface area contributed by atoms with Crippen LogP contribution in [0.25, 0.3) is 0 Å². The molecule has 130 valence electrons. The number of halogens is 4. The van der Waals surface area contributed by atoms with E-state index in [0.29, 0.717) is 22.9 Å². The number of rotatable bonds is 8. The number of benzene rings is 1. The molecule has 0 aromatic heterocycles. The molecule has 0 aliphatic carbocycles. The summed E-state index contributed by atoms with van der Waals surface area (Å²) in [5.74, 6) is -0.742. The summed E-state index contributed by atoms with van der Waals surface area (Å²) in [7, 11) is 0. The van der Waals surface area contributed by atoms with E-state index in [4.69, 9.17) is 57.2 Å². The number of carbonyl (C=O) groups is 1. The lowest BCUT2D eigenvalue weighted by Gasteiger charge is -2.25. The van der Waals surface area contributed by atoms with Gasteiger partial charge in [-0.1, -0.05) is 66.2 Å². The molecule has 0 aliphatic heterocycles. The molecular formula is C16H21Cl4NO2. The summed E-state index contributed by atoms with van der Waals surface area (Å²) in [6, 6.07) is 1.73. The Balaban J connectivity index is 2.67. The van der Waals surface area contributed by atoms with Crippen LogP contribution < -0.4 is 5.73 Å². The minimum atomic E-state index is -1.20. The van der Waals surface area contributed by atoms with Gasteiger partial charge in [-0.2, -0.15) is 0 Å². The number of carboxylic acid groups (broad SMARTS) is 1. The first kappa shape index (κ1) is 20.9. The van der Waals surface area contributed by atoms with E-state index >= 15 is 0 Å². The molecule has 0 heterocycles. The molecule has 0 spiro atoms. The molecule has 23 heavy (non-hydrogen) atoms. The average molecular weight is 401 g/mol. The minimum Gasteiger partial charge on any atom is -0.480 e. The third kappa shape index (κ3) is 5.68. The summed E-state index contributed by atoms with van der Waals surface area (Å²) in [6.07, 6.45) is 3.69. The number of nitrogens with two attached hydrogens (primary N) is 1. The van der Waals surface area contributed by atoms with E-state index in [0.717, 1.165) is 24.8 Å². The fourth-order valence-corrected chi connectivity index (χ4v) is 3.46. The Morgan fingerprint density at radius 3 is 2.39 bits per heavy atom. The third-order valence-electron chi connectivity index (χ3n) is 4.02. The van der Waals surface area contributed by atoms with Crippen LogP contribution in [0.4, 0.5) is 0 Å². The highest BCUT2D eigenvalue weighted by molar-refractivity contribution is 6.51. The zero-order valence-corrected chi connectivity index (χ0v) is 16.2. The number of carboxylic acids is 1. The molecule has 1 aromatic carbocycles. The number of hydrogen-bond acceptors (Lipinski definition) is 2. The fraction of sp³-hybridized carbons (Fsp3) is 0.562. The highest BCUT2D eigenvalue weighted by Gasteiger charge is 2.30. The molecule has 0 saturated carbocycles. The van der Waals surface area contributed by atoms with Gasteiger partial charge in [-0.05, 0) is 43.7 Å². The van der Waals surface area contributed by atoms with Crippen molar-refractivity contribution in [2.75, 3.05) is 0 Å². The van der Waals surface area contributed by atoms with Gasteiger partial charge in [0, 0.05) is 0 Å². The predicted molar refractivity (Wildman–Crippen MR) is 98.0 cm³/mol. The van der Waals surface area contributed by atoms with Crippen molar-refractivity contribution in [3.05, 3.63) is 31.7 Å². The Labute approximate surface area is 157 Å². The summed E-state index contributed by atoms with van der Waals surface area (Å²) in [5.41, 5.74) is 5.47. The molecule has 0 aliphatic rings. The molecule has 3 nitrogen and oxygen atoms in total. The van der Waals surface area contributed by atoms with E-state index < -0.39 is 11.5 Å². The summed E-state index contributed by atoms with van der Waals surface area (Å²) in [4.78, 5) is 11.1. The van der Waals surface area contributed by atoms with Crippen molar-refractivity contribution >= 4 is 52.4 Å². The van der Waals surface area contributed by atoms with Crippen LogP contribution in [0.15, 0.2) is 6.07 Å². The van der Waals surface area contributed by atoms with Crippen molar-refractivity contribution in [1.82, 2.24) is 0 Å². The zero-order chi connectivity index (χ0) is 17.8. The van der Waals surface area contributed by atoms with Gasteiger partial charge in [-0.25, -0.2) is 0 Å². The van der Waals surface area contributed by atoms with Crippen LogP contribution in [0.1, 0.15) is 45.1 Å². The van der Waals surface area contributed by atoms with E-state index in [1.54, 1.807) is 13.0 Å². The summed E-state index contributed by atoms with van der Waals surface area (Å²) in [5, 5.41) is 10.5. The van der Waals surface area contributed by atoms with Crippen LogP contribution in [0, 0.1) is 5.92 Å². The molecule has 0 saturated heterocycles. The lowest BCUT2D eigenvalue weighted by atomic mass is 9.85. The molecule has 0 fully saturated rings. The molecule has 0 bridgehead atoms. The second-order valence-corrected chi connectivity index (χ2v) is 7.59. The van der Waals surface area contributed by atoms with Gasteiger partial charge in [-0.15, -0.1) is 0 Å². The normalized spacial score (nSPS) is 15.3. The van der Waals surface area contributed by atoms with Crippen LogP contribution >= 0.6 is 46.4 Å². The van der Waals surface area contributed by atoms with Crippen LogP contribution in [-0.2, 0) is 11.2 Å². The maximum atomic E-state index is 11.1. The van der Waals surface area contributed by atoms with Gasteiger partial charge in [0.1, 0.15) is 5.54 Å². The Kier molecular flexibility index (Phi) is 7.96. The van der Waals surface area contributed by atoms with Crippen LogP contribution in [0.5, 0.6) is 0 Å². The Hall–Kier alpha value is -0.190. The van der Waals surface area contributed by atoms with Gasteiger partial charge in [0.2, 0.25) is 0 Å². The maximum absolute atomic E-state index is 11.1. The molecular weight excluding hydrogens is 380 g/mol. The van der Waals surface area contributed by atoms with Crippen molar-refractivity contribution in [2.24, 2.45) is 11.7 Å². The van der Waals surface area contributed by atoms with Crippen molar-refractivity contribution in [1.29, 1.82) is 0 Å². The van der Waals surface area contributed by atoms with Crippen molar-refractivity contribution in [2.45, 2.75) is 51.5 Å². The molecule has 0 radical (unpaired) electrons. The smallest absolute Gasteiger partial charge is 0.323 e. The topological polar surface area (TPSA) is 63.3 Å². The maximum Gasteiger partial charge on any atom is 0.323 e. The van der Waals surface area contributed by atoms with Crippen LogP contribution in [-0.4, -0.2) is 16.6 Å². The van der Waals surface area contributed by atoms with Gasteiger partial charge in [0.25, 0.3) is 0 Å². The number of hydrogen-bond donors (Lipinski definition) is 2. The molecule has 0 amide bonds. The monoisotopic (exact) mass is 399 g/mol. The van der Waals surface area contributed by atoms with Gasteiger partial charge in [0.05, 0.1) is 20.1 Å². The summed E-state index contributed by atoms with van der Waals surface area (Å²) >= 11 is 24.2. The van der Waals surface area contributed by atoms with Gasteiger partial charge >= 0.3 is 5.97 Å². The van der Waals surface area contributed by atoms with Crippen LogP contribution in [0.2, 0.25) is 20.1 Å². The Bertz CT molecular complexity index is 576. The zero-order valence-electron chi connectivity index (χ0n) is 13.1. The SMILES string of the molecule is CCC(CCCc1cc(Cl)c(Cl)c(Cl)c1Cl)CC(C)(N)C(=O)O. The molecule has 3 N–H and O–H groups in total. The Morgan fingerprint density at radius 2 is 1.87 bits per heavy atom.